The molecule has 0 atom stereocenters. The summed E-state index contributed by atoms with van der Waals surface area (Å²) in [6.07, 6.45) is -1.79. The SMILES string of the molecule is NS(=O)(=O)c1c(C(F)F)ccnc1CBr. The zero-order chi connectivity index (χ0) is 11.6. The van der Waals surface area contributed by atoms with Crippen LogP contribution in [0.5, 0.6) is 0 Å². The van der Waals surface area contributed by atoms with Crippen molar-refractivity contribution in [2.45, 2.75) is 16.7 Å². The largest absolute Gasteiger partial charge is 0.265 e. The minimum Gasteiger partial charge on any atom is -0.259 e. The topological polar surface area (TPSA) is 73.1 Å². The van der Waals surface area contributed by atoms with Gasteiger partial charge in [0.1, 0.15) is 4.90 Å². The first-order valence-corrected chi connectivity index (χ1v) is 6.39. The number of rotatable bonds is 3. The Morgan fingerprint density at radius 2 is 2.13 bits per heavy atom. The van der Waals surface area contributed by atoms with Gasteiger partial charge in [-0.1, -0.05) is 15.9 Å². The van der Waals surface area contributed by atoms with Crippen LogP contribution in [0.25, 0.3) is 0 Å². The second-order valence-corrected chi connectivity index (χ2v) is 4.71. The molecule has 0 radical (unpaired) electrons. The Morgan fingerprint density at radius 3 is 2.53 bits per heavy atom. The highest BCUT2D eigenvalue weighted by molar-refractivity contribution is 9.08. The second-order valence-electron chi connectivity index (χ2n) is 2.66. The lowest BCUT2D eigenvalue weighted by Crippen LogP contribution is -2.17. The number of nitrogens with zero attached hydrogens (tertiary/aromatic N) is 1. The summed E-state index contributed by atoms with van der Waals surface area (Å²) < 4.78 is 47.3. The molecule has 0 saturated heterocycles. The summed E-state index contributed by atoms with van der Waals surface area (Å²) in [6, 6.07) is 0.941. The van der Waals surface area contributed by atoms with Gasteiger partial charge in [0.15, 0.2) is 0 Å². The van der Waals surface area contributed by atoms with Gasteiger partial charge < -0.3 is 0 Å². The summed E-state index contributed by atoms with van der Waals surface area (Å²) in [6.45, 7) is 0. The summed E-state index contributed by atoms with van der Waals surface area (Å²) in [5, 5.41) is 4.89. The molecule has 0 saturated carbocycles. The standard InChI is InChI=1S/C7H7BrF2N2O2S/c8-3-5-6(15(11,13)14)4(7(9)10)1-2-12-5/h1-2,7H,3H2,(H2,11,13,14). The smallest absolute Gasteiger partial charge is 0.259 e. The van der Waals surface area contributed by atoms with E-state index in [1.54, 1.807) is 0 Å². The van der Waals surface area contributed by atoms with Crippen LogP contribution in [0, 0.1) is 0 Å². The fourth-order valence-corrected chi connectivity index (χ4v) is 2.65. The number of hydrogen-bond donors (Lipinski definition) is 1. The number of halogens is 3. The first kappa shape index (κ1) is 12.5. The molecule has 0 spiro atoms. The van der Waals surface area contributed by atoms with E-state index in [0.29, 0.717) is 0 Å². The lowest BCUT2D eigenvalue weighted by atomic mass is 10.2. The highest BCUT2D eigenvalue weighted by Gasteiger charge is 2.24. The van der Waals surface area contributed by atoms with Crippen molar-refractivity contribution in [1.82, 2.24) is 4.98 Å². The zero-order valence-electron chi connectivity index (χ0n) is 7.32. The molecule has 2 N–H and O–H groups in total. The molecule has 0 aliphatic heterocycles. The summed E-state index contributed by atoms with van der Waals surface area (Å²) >= 11 is 2.96. The number of sulfonamides is 1. The van der Waals surface area contributed by atoms with E-state index in [1.807, 2.05) is 0 Å². The lowest BCUT2D eigenvalue weighted by Gasteiger charge is -2.09. The van der Waals surface area contributed by atoms with Crippen LogP contribution < -0.4 is 5.14 Å². The minimum absolute atomic E-state index is 0.0182. The average molecular weight is 301 g/mol. The molecule has 1 heterocycles. The lowest BCUT2D eigenvalue weighted by molar-refractivity contribution is 0.147. The maximum Gasteiger partial charge on any atom is 0.265 e. The van der Waals surface area contributed by atoms with Crippen molar-refractivity contribution in [3.63, 3.8) is 0 Å². The highest BCUT2D eigenvalue weighted by Crippen LogP contribution is 2.28. The average Bonchev–Trinajstić information content (AvgIpc) is 2.15. The molecule has 8 heteroatoms. The van der Waals surface area contributed by atoms with Gasteiger partial charge in [0, 0.05) is 17.1 Å². The third-order valence-corrected chi connectivity index (χ3v) is 3.23. The van der Waals surface area contributed by atoms with Crippen molar-refractivity contribution < 1.29 is 17.2 Å². The van der Waals surface area contributed by atoms with E-state index in [9.17, 15) is 17.2 Å². The molecule has 1 rings (SSSR count). The van der Waals surface area contributed by atoms with Gasteiger partial charge >= 0.3 is 0 Å². The molecule has 0 aliphatic rings. The van der Waals surface area contributed by atoms with Crippen LogP contribution in [0.1, 0.15) is 17.7 Å². The van der Waals surface area contributed by atoms with E-state index in [-0.39, 0.29) is 11.0 Å². The Kier molecular flexibility index (Phi) is 3.74. The molecule has 0 unspecified atom stereocenters. The van der Waals surface area contributed by atoms with Gasteiger partial charge in [0.05, 0.1) is 5.69 Å². The van der Waals surface area contributed by atoms with Gasteiger partial charge in [-0.15, -0.1) is 0 Å². The number of pyridine rings is 1. The normalized spacial score (nSPS) is 12.1. The molecule has 4 nitrogen and oxygen atoms in total. The first-order valence-electron chi connectivity index (χ1n) is 3.72. The van der Waals surface area contributed by atoms with Crippen LogP contribution in [0.2, 0.25) is 0 Å². The summed E-state index contributed by atoms with van der Waals surface area (Å²) in [4.78, 5) is 3.07. The fraction of sp³-hybridized carbons (Fsp3) is 0.286. The van der Waals surface area contributed by atoms with Crippen molar-refractivity contribution in [1.29, 1.82) is 0 Å². The highest BCUT2D eigenvalue weighted by atomic mass is 79.9. The fourth-order valence-electron chi connectivity index (χ4n) is 1.10. The molecular formula is C7H7BrF2N2O2S. The second kappa shape index (κ2) is 4.50. The number of nitrogens with two attached hydrogens (primary N) is 1. The molecule has 1 aromatic rings. The van der Waals surface area contributed by atoms with E-state index in [4.69, 9.17) is 5.14 Å². The van der Waals surface area contributed by atoms with Gasteiger partial charge in [-0.25, -0.2) is 22.3 Å². The molecule has 0 amide bonds. The number of hydrogen-bond acceptors (Lipinski definition) is 3. The Morgan fingerprint density at radius 1 is 1.53 bits per heavy atom. The third-order valence-electron chi connectivity index (χ3n) is 1.65. The van der Waals surface area contributed by atoms with Crippen LogP contribution in [-0.4, -0.2) is 13.4 Å². The molecule has 0 aromatic carbocycles. The Hall–Kier alpha value is -0.600. The first-order chi connectivity index (χ1) is 6.88. The summed E-state index contributed by atoms with van der Waals surface area (Å²) in [5.74, 6) is 0. The van der Waals surface area contributed by atoms with E-state index >= 15 is 0 Å². The summed E-state index contributed by atoms with van der Waals surface area (Å²) in [5.41, 5.74) is -0.641. The van der Waals surface area contributed by atoms with Crippen molar-refractivity contribution in [3.8, 4) is 0 Å². The van der Waals surface area contributed by atoms with Gasteiger partial charge in [-0.05, 0) is 6.07 Å². The van der Waals surface area contributed by atoms with Gasteiger partial charge in [0.2, 0.25) is 10.0 Å². The number of aromatic nitrogens is 1. The minimum atomic E-state index is -4.19. The number of primary sulfonamides is 1. The molecule has 0 fully saturated rings. The number of alkyl halides is 3. The van der Waals surface area contributed by atoms with E-state index in [1.165, 1.54) is 0 Å². The van der Waals surface area contributed by atoms with Crippen LogP contribution >= 0.6 is 15.9 Å². The Balaban J connectivity index is 3.55. The van der Waals surface area contributed by atoms with Crippen LogP contribution in [0.15, 0.2) is 17.2 Å². The van der Waals surface area contributed by atoms with E-state index in [2.05, 4.69) is 20.9 Å². The molecule has 0 bridgehead atoms. The van der Waals surface area contributed by atoms with Gasteiger partial charge in [-0.3, -0.25) is 4.98 Å². The Labute approximate surface area is 93.7 Å². The van der Waals surface area contributed by atoms with Crippen molar-refractivity contribution >= 4 is 26.0 Å². The molecule has 0 aliphatic carbocycles. The van der Waals surface area contributed by atoms with Crippen molar-refractivity contribution in [2.75, 3.05) is 0 Å². The molecule has 15 heavy (non-hydrogen) atoms. The van der Waals surface area contributed by atoms with Gasteiger partial charge in [-0.2, -0.15) is 0 Å². The van der Waals surface area contributed by atoms with Crippen LogP contribution in [-0.2, 0) is 15.4 Å². The monoisotopic (exact) mass is 300 g/mol. The van der Waals surface area contributed by atoms with Crippen molar-refractivity contribution in [2.24, 2.45) is 5.14 Å². The Bertz CT molecular complexity index is 464. The maximum atomic E-state index is 12.5. The predicted octanol–water partition coefficient (Wildman–Crippen LogP) is 1.56. The van der Waals surface area contributed by atoms with E-state index < -0.39 is 26.9 Å². The molecule has 1 aromatic heterocycles. The third kappa shape index (κ3) is 2.70. The zero-order valence-corrected chi connectivity index (χ0v) is 9.72. The quantitative estimate of drug-likeness (QED) is 0.861. The van der Waals surface area contributed by atoms with E-state index in [0.717, 1.165) is 12.3 Å². The van der Waals surface area contributed by atoms with Gasteiger partial charge in [0.25, 0.3) is 6.43 Å². The molecular weight excluding hydrogens is 294 g/mol. The predicted molar refractivity (Wildman–Crippen MR) is 53.2 cm³/mol. The molecule has 84 valence electrons. The van der Waals surface area contributed by atoms with Crippen molar-refractivity contribution in [3.05, 3.63) is 23.5 Å². The van der Waals surface area contributed by atoms with Crippen LogP contribution in [0.3, 0.4) is 0 Å². The maximum absolute atomic E-state index is 12.5. The van der Waals surface area contributed by atoms with Crippen LogP contribution in [0.4, 0.5) is 8.78 Å². The summed E-state index contributed by atoms with van der Waals surface area (Å²) in [7, 11) is -4.19.